The molecular weight excluding hydrogens is 643 g/mol. The Morgan fingerprint density at radius 2 is 0.940 bits per heavy atom. The molecule has 0 unspecified atom stereocenters. The highest BCUT2D eigenvalue weighted by molar-refractivity contribution is 6.91. The standard InChI is InChI=1S/C43H53N5Si2/c1-26(2)49(27(3)4,28(5)6)22-19-34-36-24-32-16-13-14-17-33(32)25-37(36)35(20-23-50(29(7)8,30(9)10)31(11)12)40-39(34)46-42-43(47-40)48-41-38(45-42)18-15-21-44-41/h13-18,21,24-31H,1-12H3,(H,45,46)(H,44,47,48). The SMILES string of the molecule is CC(C)[Si](C#Cc1c2cc3ccccc3cc2c(C#C[Si](C(C)C)(C(C)C)C(C)C)c2nc3c(nc12)Nc1cccnc1N3)(C(C)C)C(C)C. The molecule has 1 aliphatic rings. The number of anilines is 4. The largest absolute Gasteiger partial charge is 0.334 e. The highest BCUT2D eigenvalue weighted by Gasteiger charge is 2.43. The molecule has 6 rings (SSSR count). The Bertz CT molecular complexity index is 2030. The van der Waals surface area contributed by atoms with Gasteiger partial charge in [-0.05, 0) is 68.3 Å². The van der Waals surface area contributed by atoms with Crippen molar-refractivity contribution in [3.8, 4) is 22.9 Å². The molecule has 0 aliphatic carbocycles. The van der Waals surface area contributed by atoms with Crippen LogP contribution in [-0.4, -0.2) is 31.1 Å². The second-order valence-electron chi connectivity index (χ2n) is 16.1. The maximum atomic E-state index is 5.38. The lowest BCUT2D eigenvalue weighted by molar-refractivity contribution is 0.838. The lowest BCUT2D eigenvalue weighted by atomic mass is 9.94. The van der Waals surface area contributed by atoms with Crippen LogP contribution >= 0.6 is 0 Å². The molecule has 0 saturated heterocycles. The molecule has 2 aromatic heterocycles. The van der Waals surface area contributed by atoms with E-state index in [1.165, 1.54) is 10.8 Å². The van der Waals surface area contributed by atoms with Gasteiger partial charge in [0.1, 0.15) is 27.2 Å². The van der Waals surface area contributed by atoms with Crippen molar-refractivity contribution in [1.82, 2.24) is 15.0 Å². The zero-order chi connectivity index (χ0) is 36.1. The molecule has 5 nitrogen and oxygen atoms in total. The first-order valence-electron chi connectivity index (χ1n) is 18.5. The lowest BCUT2D eigenvalue weighted by Gasteiger charge is -2.38. The summed E-state index contributed by atoms with van der Waals surface area (Å²) in [7, 11) is -4.15. The van der Waals surface area contributed by atoms with Crippen molar-refractivity contribution in [3.05, 3.63) is 65.9 Å². The molecule has 0 amide bonds. The fraction of sp³-hybridized carbons (Fsp3) is 0.419. The maximum absolute atomic E-state index is 5.38. The zero-order valence-corrected chi connectivity index (χ0v) is 34.0. The van der Waals surface area contributed by atoms with Crippen LogP contribution in [-0.2, 0) is 0 Å². The molecule has 0 atom stereocenters. The van der Waals surface area contributed by atoms with Gasteiger partial charge in [-0.15, -0.1) is 11.1 Å². The van der Waals surface area contributed by atoms with Gasteiger partial charge < -0.3 is 10.6 Å². The fourth-order valence-electron chi connectivity index (χ4n) is 9.17. The van der Waals surface area contributed by atoms with Gasteiger partial charge in [-0.25, -0.2) is 15.0 Å². The Morgan fingerprint density at radius 3 is 1.36 bits per heavy atom. The highest BCUT2D eigenvalue weighted by atomic mass is 28.3. The lowest BCUT2D eigenvalue weighted by Crippen LogP contribution is -2.43. The number of fused-ring (bicyclic) bond motifs is 5. The van der Waals surface area contributed by atoms with Gasteiger partial charge in [-0.2, -0.15) is 0 Å². The van der Waals surface area contributed by atoms with E-state index in [1.807, 2.05) is 12.1 Å². The van der Waals surface area contributed by atoms with Crippen LogP contribution in [0.25, 0.3) is 32.6 Å². The van der Waals surface area contributed by atoms with Gasteiger partial charge in [-0.1, -0.05) is 119 Å². The van der Waals surface area contributed by atoms with E-state index in [-0.39, 0.29) is 0 Å². The second kappa shape index (κ2) is 13.5. The van der Waals surface area contributed by atoms with E-state index in [0.717, 1.165) is 44.4 Å². The summed E-state index contributed by atoms with van der Waals surface area (Å²) in [5.74, 6) is 9.80. The van der Waals surface area contributed by atoms with E-state index >= 15 is 0 Å². The van der Waals surface area contributed by atoms with Crippen LogP contribution in [0, 0.1) is 22.9 Å². The van der Waals surface area contributed by atoms with Crippen LogP contribution in [0.5, 0.6) is 0 Å². The average molecular weight is 696 g/mol. The Kier molecular flexibility index (Phi) is 9.63. The number of nitrogens with zero attached hydrogens (tertiary/aromatic N) is 3. The van der Waals surface area contributed by atoms with Gasteiger partial charge in [-0.3, -0.25) is 0 Å². The summed E-state index contributed by atoms with van der Waals surface area (Å²) >= 11 is 0. The van der Waals surface area contributed by atoms with Gasteiger partial charge in [0, 0.05) is 17.0 Å². The molecule has 7 heteroatoms. The summed E-state index contributed by atoms with van der Waals surface area (Å²) in [6, 6.07) is 17.2. The number of benzene rings is 3. The van der Waals surface area contributed by atoms with Crippen molar-refractivity contribution in [3.63, 3.8) is 0 Å². The Hall–Kier alpha value is -4.18. The molecular formula is C43H53N5Si2. The molecule has 0 spiro atoms. The first kappa shape index (κ1) is 35.6. The van der Waals surface area contributed by atoms with E-state index in [9.17, 15) is 0 Å². The van der Waals surface area contributed by atoms with Crippen molar-refractivity contribution >= 4 is 71.9 Å². The van der Waals surface area contributed by atoms with E-state index in [1.54, 1.807) is 6.20 Å². The third-order valence-electron chi connectivity index (χ3n) is 11.6. The predicted molar refractivity (Wildman–Crippen MR) is 221 cm³/mol. The Balaban J connectivity index is 1.80. The number of hydrogen-bond acceptors (Lipinski definition) is 5. The van der Waals surface area contributed by atoms with Crippen molar-refractivity contribution in [2.45, 2.75) is 116 Å². The number of nitrogens with one attached hydrogen (secondary N) is 2. The molecule has 5 aromatic rings. The van der Waals surface area contributed by atoms with Crippen LogP contribution < -0.4 is 10.6 Å². The third-order valence-corrected chi connectivity index (χ3v) is 24.2. The minimum absolute atomic E-state index is 0.506. The monoisotopic (exact) mass is 695 g/mol. The molecule has 3 aromatic carbocycles. The number of rotatable bonds is 6. The molecule has 3 heterocycles. The second-order valence-corrected chi connectivity index (χ2v) is 27.2. The van der Waals surface area contributed by atoms with Crippen LogP contribution in [0.1, 0.15) is 94.2 Å². The predicted octanol–water partition coefficient (Wildman–Crippen LogP) is 12.3. The molecule has 1 aliphatic heterocycles. The summed E-state index contributed by atoms with van der Waals surface area (Å²) in [6.45, 7) is 28.4. The summed E-state index contributed by atoms with van der Waals surface area (Å²) in [4.78, 5) is 15.3. The maximum Gasteiger partial charge on any atom is 0.175 e. The number of hydrogen-bond donors (Lipinski definition) is 2. The third kappa shape index (κ3) is 5.79. The minimum Gasteiger partial charge on any atom is -0.334 e. The first-order valence-corrected chi connectivity index (χ1v) is 22.9. The van der Waals surface area contributed by atoms with Gasteiger partial charge >= 0.3 is 0 Å². The first-order chi connectivity index (χ1) is 23.7. The Morgan fingerprint density at radius 1 is 0.520 bits per heavy atom. The molecule has 0 bridgehead atoms. The molecule has 0 fully saturated rings. The smallest absolute Gasteiger partial charge is 0.175 e. The molecule has 258 valence electrons. The molecule has 50 heavy (non-hydrogen) atoms. The van der Waals surface area contributed by atoms with Gasteiger partial charge in [0.05, 0.1) is 16.8 Å². The van der Waals surface area contributed by atoms with Crippen LogP contribution in [0.3, 0.4) is 0 Å². The molecule has 0 saturated carbocycles. The topological polar surface area (TPSA) is 62.7 Å². The van der Waals surface area contributed by atoms with Gasteiger partial charge in [0.2, 0.25) is 0 Å². The van der Waals surface area contributed by atoms with Crippen LogP contribution in [0.4, 0.5) is 23.1 Å². The van der Waals surface area contributed by atoms with Crippen molar-refractivity contribution in [1.29, 1.82) is 0 Å². The zero-order valence-electron chi connectivity index (χ0n) is 32.0. The molecule has 2 N–H and O–H groups in total. The summed E-state index contributed by atoms with van der Waals surface area (Å²) in [5, 5.41) is 11.5. The quantitative estimate of drug-likeness (QED) is 0.103. The van der Waals surface area contributed by atoms with E-state index in [2.05, 4.69) is 158 Å². The highest BCUT2D eigenvalue weighted by Crippen LogP contribution is 2.44. The van der Waals surface area contributed by atoms with Crippen molar-refractivity contribution in [2.24, 2.45) is 0 Å². The van der Waals surface area contributed by atoms with Crippen molar-refractivity contribution in [2.75, 3.05) is 10.6 Å². The van der Waals surface area contributed by atoms with Crippen LogP contribution in [0.2, 0.25) is 33.2 Å². The minimum atomic E-state index is -2.08. The summed E-state index contributed by atoms with van der Waals surface area (Å²) in [5.41, 5.74) is 15.5. The van der Waals surface area contributed by atoms with E-state index in [4.69, 9.17) is 9.97 Å². The van der Waals surface area contributed by atoms with Gasteiger partial charge in [0.25, 0.3) is 0 Å². The summed E-state index contributed by atoms with van der Waals surface area (Å²) in [6.07, 6.45) is 1.79. The van der Waals surface area contributed by atoms with E-state index < -0.39 is 16.1 Å². The van der Waals surface area contributed by atoms with Gasteiger partial charge in [0.15, 0.2) is 17.5 Å². The summed E-state index contributed by atoms with van der Waals surface area (Å²) < 4.78 is 0. The number of aromatic nitrogens is 3. The van der Waals surface area contributed by atoms with Crippen molar-refractivity contribution < 1.29 is 0 Å². The Labute approximate surface area is 301 Å². The normalized spacial score (nSPS) is 13.1. The van der Waals surface area contributed by atoms with Crippen LogP contribution in [0.15, 0.2) is 54.7 Å². The number of pyridine rings is 1. The van der Waals surface area contributed by atoms with E-state index in [0.29, 0.717) is 44.9 Å². The average Bonchev–Trinajstić information content (AvgIpc) is 3.05. The molecule has 0 radical (unpaired) electrons. The fourth-order valence-corrected chi connectivity index (χ4v) is 19.6.